The number of benzene rings is 2. The van der Waals surface area contributed by atoms with E-state index in [-0.39, 0.29) is 0 Å². The van der Waals surface area contributed by atoms with Crippen molar-refractivity contribution in [3.63, 3.8) is 0 Å². The Morgan fingerprint density at radius 1 is 0.875 bits per heavy atom. The van der Waals surface area contributed by atoms with Gasteiger partial charge in [0.05, 0.1) is 0 Å². The van der Waals surface area contributed by atoms with Crippen LogP contribution in [0.15, 0.2) is 83.3 Å². The monoisotopic (exact) mass is 395 g/mol. The molecule has 0 atom stereocenters. The molecule has 2 aromatic rings. The molecule has 2 aromatic carbocycles. The van der Waals surface area contributed by atoms with Crippen molar-refractivity contribution in [2.45, 2.75) is 36.7 Å². The van der Waals surface area contributed by atoms with Crippen molar-refractivity contribution in [3.05, 3.63) is 94.4 Å². The Balaban J connectivity index is 2.03. The van der Waals surface area contributed by atoms with E-state index >= 15 is 0 Å². The fourth-order valence-electron chi connectivity index (χ4n) is 3.27. The predicted molar refractivity (Wildman–Crippen MR) is 110 cm³/mol. The fourth-order valence-corrected chi connectivity index (χ4v) is 10.7. The van der Waals surface area contributed by atoms with Gasteiger partial charge in [-0.05, 0) is 0 Å². The summed E-state index contributed by atoms with van der Waals surface area (Å²) in [6, 6.07) is 22.0. The number of rotatable bonds is 7. The Hall–Kier alpha value is -1.19. The van der Waals surface area contributed by atoms with E-state index in [0.717, 1.165) is 6.42 Å². The Bertz CT molecular complexity index is 660. The first-order chi connectivity index (χ1) is 11.8. The molecule has 0 saturated carbocycles. The SMILES string of the molecule is C[CH2][Ge]([CH2]C)[S]C1=C(C(c2ccccc2)c2ccccc2)C=CC1. The van der Waals surface area contributed by atoms with Gasteiger partial charge in [0.25, 0.3) is 0 Å². The second kappa shape index (κ2) is 8.78. The van der Waals surface area contributed by atoms with Gasteiger partial charge >= 0.3 is 154 Å². The first-order valence-electron chi connectivity index (χ1n) is 8.85. The molecule has 0 heterocycles. The Morgan fingerprint density at radius 3 is 1.92 bits per heavy atom. The van der Waals surface area contributed by atoms with Crippen LogP contribution in [0.3, 0.4) is 0 Å². The summed E-state index contributed by atoms with van der Waals surface area (Å²) < 4.78 is 0. The van der Waals surface area contributed by atoms with Crippen LogP contribution in [-0.4, -0.2) is 13.2 Å². The van der Waals surface area contributed by atoms with Crippen LogP contribution in [-0.2, 0) is 0 Å². The molecule has 0 fully saturated rings. The topological polar surface area (TPSA) is 0 Å². The summed E-state index contributed by atoms with van der Waals surface area (Å²) >= 11 is -0.978. The minimum atomic E-state index is -0.978. The second-order valence-corrected chi connectivity index (χ2v) is 16.3. The third kappa shape index (κ3) is 4.07. The van der Waals surface area contributed by atoms with Gasteiger partial charge in [0, 0.05) is 0 Å². The molecular weight excluding hydrogens is 369 g/mol. The standard InChI is InChI=1S/C22H25GeS/c1-3-23(4-2)24-21-17-11-16-20(21)22(18-12-7-5-8-13-18)19-14-9-6-10-15-19/h5-16,22H,3-4,17H2,1-2H3. The fraction of sp³-hybridized carbons (Fsp3) is 0.273. The average molecular weight is 394 g/mol. The first-order valence-corrected chi connectivity index (χ1v) is 15.2. The van der Waals surface area contributed by atoms with Crippen molar-refractivity contribution < 1.29 is 0 Å². The number of hydrogen-bond acceptors (Lipinski definition) is 1. The quantitative estimate of drug-likeness (QED) is 0.466. The van der Waals surface area contributed by atoms with Crippen LogP contribution in [0.1, 0.15) is 37.3 Å². The van der Waals surface area contributed by atoms with Gasteiger partial charge in [0.2, 0.25) is 0 Å². The summed E-state index contributed by atoms with van der Waals surface area (Å²) in [4.78, 5) is 1.63. The van der Waals surface area contributed by atoms with Gasteiger partial charge in [-0.25, -0.2) is 0 Å². The van der Waals surface area contributed by atoms with Crippen LogP contribution in [0.2, 0.25) is 10.5 Å². The summed E-state index contributed by atoms with van der Waals surface area (Å²) in [7, 11) is 2.26. The molecule has 123 valence electrons. The summed E-state index contributed by atoms with van der Waals surface area (Å²) in [5, 5.41) is 2.80. The molecule has 0 bridgehead atoms. The van der Waals surface area contributed by atoms with Crippen LogP contribution in [0.5, 0.6) is 0 Å². The molecule has 1 radical (unpaired) electrons. The van der Waals surface area contributed by atoms with E-state index in [1.807, 2.05) is 0 Å². The van der Waals surface area contributed by atoms with Crippen molar-refractivity contribution in [3.8, 4) is 0 Å². The molecule has 0 spiro atoms. The normalized spacial score (nSPS) is 14.2. The van der Waals surface area contributed by atoms with Gasteiger partial charge in [-0.3, -0.25) is 0 Å². The molecule has 1 aliphatic carbocycles. The molecule has 2 heteroatoms. The zero-order valence-corrected chi connectivity index (χ0v) is 17.4. The Morgan fingerprint density at radius 2 is 1.42 bits per heavy atom. The third-order valence-electron chi connectivity index (χ3n) is 4.56. The van der Waals surface area contributed by atoms with Crippen LogP contribution in [0.25, 0.3) is 0 Å². The zero-order chi connectivity index (χ0) is 16.8. The average Bonchev–Trinajstić information content (AvgIpc) is 3.09. The maximum absolute atomic E-state index is 2.38. The van der Waals surface area contributed by atoms with Crippen LogP contribution in [0.4, 0.5) is 0 Å². The Kier molecular flexibility index (Phi) is 6.45. The minimum absolute atomic E-state index is 0.363. The molecule has 0 saturated heterocycles. The first kappa shape index (κ1) is 17.6. The van der Waals surface area contributed by atoms with Crippen molar-refractivity contribution >= 4 is 23.3 Å². The van der Waals surface area contributed by atoms with E-state index in [1.54, 1.807) is 4.91 Å². The summed E-state index contributed by atoms with van der Waals surface area (Å²) in [6.07, 6.45) is 5.87. The van der Waals surface area contributed by atoms with E-state index in [2.05, 4.69) is 96.8 Å². The molecular formula is C22H25GeS. The molecule has 0 aromatic heterocycles. The van der Waals surface area contributed by atoms with E-state index in [1.165, 1.54) is 27.2 Å². The second-order valence-electron chi connectivity index (χ2n) is 6.09. The number of hydrogen-bond donors (Lipinski definition) is 0. The van der Waals surface area contributed by atoms with E-state index in [4.69, 9.17) is 0 Å². The zero-order valence-electron chi connectivity index (χ0n) is 14.5. The third-order valence-corrected chi connectivity index (χ3v) is 15.2. The van der Waals surface area contributed by atoms with Gasteiger partial charge in [-0.1, -0.05) is 0 Å². The summed E-state index contributed by atoms with van der Waals surface area (Å²) in [5.74, 6) is 0.363. The van der Waals surface area contributed by atoms with E-state index in [9.17, 15) is 0 Å². The molecule has 0 N–H and O–H groups in total. The summed E-state index contributed by atoms with van der Waals surface area (Å²) in [5.41, 5.74) is 4.33. The van der Waals surface area contributed by atoms with Crippen molar-refractivity contribution in [1.82, 2.24) is 0 Å². The molecule has 0 unspecified atom stereocenters. The molecule has 1 aliphatic rings. The van der Waals surface area contributed by atoms with Crippen LogP contribution in [0, 0.1) is 0 Å². The summed E-state index contributed by atoms with van der Waals surface area (Å²) in [6.45, 7) is 4.75. The molecule has 0 amide bonds. The molecule has 0 aliphatic heterocycles. The maximum atomic E-state index is 2.38. The number of allylic oxidation sites excluding steroid dienone is 4. The van der Waals surface area contributed by atoms with Gasteiger partial charge in [-0.2, -0.15) is 0 Å². The Labute approximate surface area is 154 Å². The van der Waals surface area contributed by atoms with E-state index in [0.29, 0.717) is 5.92 Å². The van der Waals surface area contributed by atoms with Gasteiger partial charge < -0.3 is 0 Å². The molecule has 24 heavy (non-hydrogen) atoms. The van der Waals surface area contributed by atoms with Gasteiger partial charge in [0.1, 0.15) is 0 Å². The van der Waals surface area contributed by atoms with Crippen molar-refractivity contribution in [2.75, 3.05) is 0 Å². The molecule has 3 rings (SSSR count). The van der Waals surface area contributed by atoms with Crippen LogP contribution < -0.4 is 0 Å². The van der Waals surface area contributed by atoms with Gasteiger partial charge in [-0.15, -0.1) is 0 Å². The van der Waals surface area contributed by atoms with Crippen molar-refractivity contribution in [1.29, 1.82) is 0 Å². The van der Waals surface area contributed by atoms with Crippen LogP contribution >= 0.6 is 10.1 Å². The van der Waals surface area contributed by atoms with E-state index < -0.39 is 13.2 Å². The van der Waals surface area contributed by atoms with Crippen molar-refractivity contribution in [2.24, 2.45) is 0 Å². The van der Waals surface area contributed by atoms with Gasteiger partial charge in [0.15, 0.2) is 0 Å². The molecule has 0 nitrogen and oxygen atoms in total. The predicted octanol–water partition coefficient (Wildman–Crippen LogP) is 6.80.